The van der Waals surface area contributed by atoms with E-state index in [9.17, 15) is 14.9 Å². The zero-order chi connectivity index (χ0) is 19.1. The van der Waals surface area contributed by atoms with Gasteiger partial charge in [0.1, 0.15) is 11.6 Å². The number of rotatable bonds is 5. The maximum Gasteiger partial charge on any atom is 0.309 e. The molecule has 0 aromatic heterocycles. The van der Waals surface area contributed by atoms with Crippen LogP contribution in [0.3, 0.4) is 0 Å². The molecule has 0 atom stereocenters. The molecule has 1 saturated heterocycles. The first-order valence-electron chi connectivity index (χ1n) is 8.23. The fraction of sp³-hybridized carbons (Fsp3) is 0.389. The van der Waals surface area contributed by atoms with Gasteiger partial charge in [-0.2, -0.15) is 5.26 Å². The molecule has 1 aliphatic heterocycles. The third kappa shape index (κ3) is 5.38. The Kier molecular flexibility index (Phi) is 7.31. The van der Waals surface area contributed by atoms with E-state index in [1.807, 2.05) is 11.0 Å². The smallest absolute Gasteiger partial charge is 0.309 e. The molecule has 1 N–H and O–H groups in total. The van der Waals surface area contributed by atoms with E-state index in [1.165, 1.54) is 12.3 Å². The summed E-state index contributed by atoms with van der Waals surface area (Å²) in [6.45, 7) is 3.29. The number of ether oxygens (including phenoxy) is 1. The minimum atomic E-state index is -0.552. The van der Waals surface area contributed by atoms with Crippen molar-refractivity contribution in [1.82, 2.24) is 4.90 Å². The Bertz CT molecular complexity index is 751. The number of nitrogens with zero attached hydrogens (tertiary/aromatic N) is 2. The van der Waals surface area contributed by atoms with Crippen molar-refractivity contribution in [2.45, 2.75) is 19.8 Å². The number of hydrogen-bond donors (Lipinski definition) is 1. The van der Waals surface area contributed by atoms with Crippen molar-refractivity contribution in [3.63, 3.8) is 0 Å². The summed E-state index contributed by atoms with van der Waals surface area (Å²) in [5.74, 6) is -0.872. The molecule has 0 radical (unpaired) electrons. The number of halogens is 2. The second-order valence-corrected chi connectivity index (χ2v) is 6.64. The molecule has 0 spiro atoms. The summed E-state index contributed by atoms with van der Waals surface area (Å²) >= 11 is 11.9. The van der Waals surface area contributed by atoms with Gasteiger partial charge in [0.15, 0.2) is 0 Å². The number of carbonyl (C=O) groups is 2. The van der Waals surface area contributed by atoms with Gasteiger partial charge in [0.2, 0.25) is 0 Å². The lowest BCUT2D eigenvalue weighted by atomic mass is 9.97. The van der Waals surface area contributed by atoms with Crippen LogP contribution in [0.2, 0.25) is 10.0 Å². The molecule has 0 unspecified atom stereocenters. The molecule has 1 amide bonds. The molecular formula is C18H19Cl2N3O3. The second-order valence-electron chi connectivity index (χ2n) is 5.80. The van der Waals surface area contributed by atoms with Gasteiger partial charge in [0.05, 0.1) is 23.2 Å². The molecule has 1 aromatic carbocycles. The van der Waals surface area contributed by atoms with Crippen LogP contribution in [0.4, 0.5) is 5.69 Å². The van der Waals surface area contributed by atoms with Crippen molar-refractivity contribution < 1.29 is 14.3 Å². The lowest BCUT2D eigenvalue weighted by Crippen LogP contribution is -2.34. The SMILES string of the molecule is CCOC(=O)C1CCN(/C=C(/C#N)C(=O)Nc2ccc(Cl)cc2Cl)CC1. The Morgan fingerprint density at radius 3 is 2.65 bits per heavy atom. The van der Waals surface area contributed by atoms with E-state index in [-0.39, 0.29) is 17.5 Å². The number of nitriles is 1. The molecule has 26 heavy (non-hydrogen) atoms. The van der Waals surface area contributed by atoms with Crippen LogP contribution >= 0.6 is 23.2 Å². The monoisotopic (exact) mass is 395 g/mol. The zero-order valence-corrected chi connectivity index (χ0v) is 15.8. The molecular weight excluding hydrogens is 377 g/mol. The number of esters is 1. The highest BCUT2D eigenvalue weighted by Gasteiger charge is 2.25. The summed E-state index contributed by atoms with van der Waals surface area (Å²) in [5, 5.41) is 12.6. The molecule has 0 bridgehead atoms. The minimum Gasteiger partial charge on any atom is -0.466 e. The van der Waals surface area contributed by atoms with Crippen molar-refractivity contribution in [2.75, 3.05) is 25.0 Å². The number of anilines is 1. The standard InChI is InChI=1S/C18H19Cl2N3O3/c1-2-26-18(25)12-5-7-23(8-6-12)11-13(10-21)17(24)22-16-4-3-14(19)9-15(16)20/h3-4,9,11-12H,2,5-8H2,1H3,(H,22,24)/b13-11-. The summed E-state index contributed by atoms with van der Waals surface area (Å²) in [5.41, 5.74) is 0.342. The highest BCUT2D eigenvalue weighted by molar-refractivity contribution is 6.36. The summed E-state index contributed by atoms with van der Waals surface area (Å²) in [4.78, 5) is 25.9. The van der Waals surface area contributed by atoms with Gasteiger partial charge >= 0.3 is 5.97 Å². The van der Waals surface area contributed by atoms with Crippen molar-refractivity contribution in [1.29, 1.82) is 5.26 Å². The van der Waals surface area contributed by atoms with Crippen molar-refractivity contribution in [3.8, 4) is 6.07 Å². The maximum atomic E-state index is 12.3. The van der Waals surface area contributed by atoms with Crippen LogP contribution in [0.25, 0.3) is 0 Å². The Hall–Kier alpha value is -2.23. The van der Waals surface area contributed by atoms with Gasteiger partial charge in [-0.15, -0.1) is 0 Å². The molecule has 2 rings (SSSR count). The third-order valence-electron chi connectivity index (χ3n) is 4.01. The fourth-order valence-corrected chi connectivity index (χ4v) is 3.08. The minimum absolute atomic E-state index is 0.0365. The summed E-state index contributed by atoms with van der Waals surface area (Å²) < 4.78 is 5.03. The van der Waals surface area contributed by atoms with Crippen LogP contribution in [0.5, 0.6) is 0 Å². The van der Waals surface area contributed by atoms with E-state index in [2.05, 4.69) is 5.32 Å². The lowest BCUT2D eigenvalue weighted by Gasteiger charge is -2.30. The molecule has 8 heteroatoms. The number of piperidine rings is 1. The first kappa shape index (κ1) is 20.1. The van der Waals surface area contributed by atoms with Crippen LogP contribution in [0.1, 0.15) is 19.8 Å². The fourth-order valence-electron chi connectivity index (χ4n) is 2.63. The van der Waals surface area contributed by atoms with E-state index in [0.717, 1.165) is 0 Å². The lowest BCUT2D eigenvalue weighted by molar-refractivity contribution is -0.149. The molecule has 0 aliphatic carbocycles. The van der Waals surface area contributed by atoms with Crippen LogP contribution in [-0.4, -0.2) is 36.5 Å². The molecule has 0 saturated carbocycles. The Balaban J connectivity index is 1.98. The first-order chi connectivity index (χ1) is 12.4. The van der Waals surface area contributed by atoms with Gasteiger partial charge in [-0.25, -0.2) is 0 Å². The Morgan fingerprint density at radius 2 is 2.08 bits per heavy atom. The number of likely N-dealkylation sites (tertiary alicyclic amines) is 1. The second kappa shape index (κ2) is 9.46. The van der Waals surface area contributed by atoms with Crippen LogP contribution in [-0.2, 0) is 14.3 Å². The van der Waals surface area contributed by atoms with Gasteiger partial charge in [-0.1, -0.05) is 23.2 Å². The van der Waals surface area contributed by atoms with Gasteiger partial charge in [0.25, 0.3) is 5.91 Å². The molecule has 6 nitrogen and oxygen atoms in total. The molecule has 138 valence electrons. The van der Waals surface area contributed by atoms with Crippen LogP contribution in [0, 0.1) is 17.2 Å². The Morgan fingerprint density at radius 1 is 1.38 bits per heavy atom. The molecule has 1 fully saturated rings. The van der Waals surface area contributed by atoms with Crippen LogP contribution in [0.15, 0.2) is 30.0 Å². The van der Waals surface area contributed by atoms with Gasteiger partial charge in [-0.3, -0.25) is 9.59 Å². The van der Waals surface area contributed by atoms with E-state index < -0.39 is 5.91 Å². The number of hydrogen-bond acceptors (Lipinski definition) is 5. The van der Waals surface area contributed by atoms with Crippen molar-refractivity contribution in [3.05, 3.63) is 40.0 Å². The predicted octanol–water partition coefficient (Wildman–Crippen LogP) is 3.61. The predicted molar refractivity (Wildman–Crippen MR) is 99.7 cm³/mol. The first-order valence-corrected chi connectivity index (χ1v) is 8.99. The maximum absolute atomic E-state index is 12.3. The van der Waals surface area contributed by atoms with Crippen molar-refractivity contribution >= 4 is 40.8 Å². The zero-order valence-electron chi connectivity index (χ0n) is 14.3. The van der Waals surface area contributed by atoms with E-state index in [0.29, 0.717) is 48.3 Å². The van der Waals surface area contributed by atoms with Gasteiger partial charge in [0, 0.05) is 24.3 Å². The Labute approximate surface area is 162 Å². The van der Waals surface area contributed by atoms with E-state index in [1.54, 1.807) is 19.1 Å². The highest BCUT2D eigenvalue weighted by Crippen LogP contribution is 2.26. The normalized spacial score (nSPS) is 15.3. The average molecular weight is 396 g/mol. The van der Waals surface area contributed by atoms with Gasteiger partial charge in [-0.05, 0) is 38.0 Å². The van der Waals surface area contributed by atoms with Crippen LogP contribution < -0.4 is 5.32 Å². The topological polar surface area (TPSA) is 82.4 Å². The molecule has 1 heterocycles. The number of carbonyl (C=O) groups excluding carboxylic acids is 2. The third-order valence-corrected chi connectivity index (χ3v) is 4.55. The largest absolute Gasteiger partial charge is 0.466 e. The summed E-state index contributed by atoms with van der Waals surface area (Å²) in [6, 6.07) is 6.58. The van der Waals surface area contributed by atoms with Crippen molar-refractivity contribution in [2.24, 2.45) is 5.92 Å². The molecule has 1 aromatic rings. The number of amides is 1. The quantitative estimate of drug-likeness (QED) is 0.467. The number of nitrogens with one attached hydrogen (secondary N) is 1. The van der Waals surface area contributed by atoms with E-state index in [4.69, 9.17) is 27.9 Å². The van der Waals surface area contributed by atoms with E-state index >= 15 is 0 Å². The average Bonchev–Trinajstić information content (AvgIpc) is 2.62. The van der Waals surface area contributed by atoms with Gasteiger partial charge < -0.3 is 15.0 Å². The summed E-state index contributed by atoms with van der Waals surface area (Å²) in [6.07, 6.45) is 2.76. The highest BCUT2D eigenvalue weighted by atomic mass is 35.5. The summed E-state index contributed by atoms with van der Waals surface area (Å²) in [7, 11) is 0. The number of benzene rings is 1. The molecule has 1 aliphatic rings.